The van der Waals surface area contributed by atoms with Crippen molar-refractivity contribution in [2.75, 3.05) is 26.4 Å². The summed E-state index contributed by atoms with van der Waals surface area (Å²) in [6.07, 6.45) is 9.41. The van der Waals surface area contributed by atoms with Crippen molar-refractivity contribution >= 4 is 24.1 Å². The van der Waals surface area contributed by atoms with Crippen LogP contribution in [0.5, 0.6) is 0 Å². The van der Waals surface area contributed by atoms with Crippen molar-refractivity contribution in [2.45, 2.75) is 25.7 Å². The van der Waals surface area contributed by atoms with Crippen LogP contribution in [0.4, 0.5) is 0 Å². The number of carbonyl (C=O) groups is 2. The van der Waals surface area contributed by atoms with Crippen molar-refractivity contribution < 1.29 is 28.5 Å². The summed E-state index contributed by atoms with van der Waals surface area (Å²) in [5.74, 6) is -0.839. The van der Waals surface area contributed by atoms with Gasteiger partial charge in [-0.2, -0.15) is 0 Å². The molecule has 2 rings (SSSR count). The predicted molar refractivity (Wildman–Crippen MR) is 144 cm³/mol. The number of rotatable bonds is 16. The first-order chi connectivity index (χ1) is 17.6. The molecule has 6 heteroatoms. The third-order valence-corrected chi connectivity index (χ3v) is 4.81. The van der Waals surface area contributed by atoms with Crippen LogP contribution < -0.4 is 0 Å². The van der Waals surface area contributed by atoms with Crippen LogP contribution in [0.15, 0.2) is 87.4 Å². The average molecular weight is 493 g/mol. The molecule has 0 atom stereocenters. The van der Waals surface area contributed by atoms with Crippen LogP contribution in [0.3, 0.4) is 0 Å². The lowest BCUT2D eigenvalue weighted by atomic mass is 10.1. The van der Waals surface area contributed by atoms with E-state index in [1.54, 1.807) is 24.3 Å². The molecule has 0 fully saturated rings. The maximum absolute atomic E-state index is 11.9. The SMILES string of the molecule is C=COCCCCOC(=O)c1ccc(C(=O)OCCCCOC=C)cc1.C=Cc1ccccc1C=C. The number of hydrogen-bond donors (Lipinski definition) is 0. The molecule has 36 heavy (non-hydrogen) atoms. The van der Waals surface area contributed by atoms with Gasteiger partial charge in [-0.1, -0.05) is 62.7 Å². The standard InChI is InChI=1S/C20H26O6.C10H10/c1-3-23-13-5-7-15-25-19(21)17-9-11-18(12-10-17)20(22)26-16-8-6-14-24-4-2;1-3-9-7-5-6-8-10(9)4-2/h3-4,9-12H,1-2,5-8,13-16H2;3-8H,1-2H2. The van der Waals surface area contributed by atoms with E-state index in [-0.39, 0.29) is 0 Å². The minimum atomic E-state index is -0.420. The van der Waals surface area contributed by atoms with Crippen molar-refractivity contribution in [3.05, 3.63) is 110 Å². The van der Waals surface area contributed by atoms with Gasteiger partial charge in [0, 0.05) is 0 Å². The van der Waals surface area contributed by atoms with Crippen LogP contribution in [-0.2, 0) is 18.9 Å². The van der Waals surface area contributed by atoms with Crippen LogP contribution in [0.1, 0.15) is 57.5 Å². The maximum Gasteiger partial charge on any atom is 0.338 e. The maximum atomic E-state index is 11.9. The Morgan fingerprint density at radius 2 is 0.944 bits per heavy atom. The summed E-state index contributed by atoms with van der Waals surface area (Å²) >= 11 is 0. The van der Waals surface area contributed by atoms with Crippen LogP contribution in [0.2, 0.25) is 0 Å². The highest BCUT2D eigenvalue weighted by Crippen LogP contribution is 2.10. The lowest BCUT2D eigenvalue weighted by Crippen LogP contribution is -2.09. The Kier molecular flexibility index (Phi) is 16.0. The molecule has 0 bridgehead atoms. The molecule has 0 saturated heterocycles. The molecule has 0 aromatic heterocycles. The second kappa shape index (κ2) is 19.3. The van der Waals surface area contributed by atoms with Gasteiger partial charge in [-0.3, -0.25) is 0 Å². The van der Waals surface area contributed by atoms with E-state index in [0.29, 0.717) is 50.4 Å². The fourth-order valence-corrected chi connectivity index (χ4v) is 2.86. The zero-order valence-corrected chi connectivity index (χ0v) is 20.9. The summed E-state index contributed by atoms with van der Waals surface area (Å²) in [5.41, 5.74) is 3.06. The summed E-state index contributed by atoms with van der Waals surface area (Å²) in [6.45, 7) is 16.0. The van der Waals surface area contributed by atoms with Gasteiger partial charge in [0.15, 0.2) is 0 Å². The van der Waals surface area contributed by atoms with Crippen LogP contribution in [-0.4, -0.2) is 38.4 Å². The van der Waals surface area contributed by atoms with Gasteiger partial charge >= 0.3 is 11.9 Å². The third kappa shape index (κ3) is 12.4. The van der Waals surface area contributed by atoms with Gasteiger partial charge in [0.1, 0.15) is 0 Å². The van der Waals surface area contributed by atoms with Gasteiger partial charge in [0.25, 0.3) is 0 Å². The largest absolute Gasteiger partial charge is 0.502 e. The van der Waals surface area contributed by atoms with Crippen molar-refractivity contribution in [3.63, 3.8) is 0 Å². The quantitative estimate of drug-likeness (QED) is 0.145. The predicted octanol–water partition coefficient (Wildman–Crippen LogP) is 6.85. The van der Waals surface area contributed by atoms with Gasteiger partial charge in [0.2, 0.25) is 0 Å². The summed E-state index contributed by atoms with van der Waals surface area (Å²) in [4.78, 5) is 23.8. The summed E-state index contributed by atoms with van der Waals surface area (Å²) < 4.78 is 20.3. The van der Waals surface area contributed by atoms with Crippen LogP contribution in [0, 0.1) is 0 Å². The van der Waals surface area contributed by atoms with Crippen molar-refractivity contribution in [2.24, 2.45) is 0 Å². The number of hydrogen-bond acceptors (Lipinski definition) is 6. The van der Waals surface area contributed by atoms with Gasteiger partial charge in [-0.05, 0) is 61.1 Å². The molecular formula is C30H36O6. The number of benzene rings is 2. The molecule has 6 nitrogen and oxygen atoms in total. The molecule has 0 N–H and O–H groups in total. The van der Waals surface area contributed by atoms with Gasteiger partial charge in [-0.15, -0.1) is 0 Å². The summed E-state index contributed by atoms with van der Waals surface area (Å²) in [6, 6.07) is 14.2. The monoisotopic (exact) mass is 492 g/mol. The Labute approximate surface area is 214 Å². The highest BCUT2D eigenvalue weighted by atomic mass is 16.5. The average Bonchev–Trinajstić information content (AvgIpc) is 2.92. The molecule has 0 radical (unpaired) electrons. The zero-order valence-electron chi connectivity index (χ0n) is 20.9. The summed E-state index contributed by atoms with van der Waals surface area (Å²) in [5, 5.41) is 0. The molecule has 0 saturated carbocycles. The highest BCUT2D eigenvalue weighted by molar-refractivity contribution is 5.93. The van der Waals surface area contributed by atoms with E-state index >= 15 is 0 Å². The summed E-state index contributed by atoms with van der Waals surface area (Å²) in [7, 11) is 0. The molecule has 0 spiro atoms. The molecule has 0 aliphatic carbocycles. The van der Waals surface area contributed by atoms with Crippen molar-refractivity contribution in [1.82, 2.24) is 0 Å². The highest BCUT2D eigenvalue weighted by Gasteiger charge is 2.11. The molecule has 2 aromatic carbocycles. The molecule has 192 valence electrons. The van der Waals surface area contributed by atoms with Crippen molar-refractivity contribution in [1.29, 1.82) is 0 Å². The molecule has 2 aromatic rings. The first-order valence-corrected chi connectivity index (χ1v) is 11.8. The van der Waals surface area contributed by atoms with Gasteiger partial charge in [0.05, 0.1) is 50.1 Å². The Bertz CT molecular complexity index is 884. The Balaban J connectivity index is 0.000000537. The van der Waals surface area contributed by atoms with E-state index in [9.17, 15) is 9.59 Å². The lowest BCUT2D eigenvalue weighted by Gasteiger charge is -2.07. The molecule has 0 unspecified atom stereocenters. The minimum absolute atomic E-state index is 0.318. The first-order valence-electron chi connectivity index (χ1n) is 11.8. The molecular weight excluding hydrogens is 456 g/mol. The second-order valence-electron chi connectivity index (χ2n) is 7.38. The Morgan fingerprint density at radius 1 is 0.583 bits per heavy atom. The number of carbonyl (C=O) groups excluding carboxylic acids is 2. The number of esters is 2. The molecule has 0 amide bonds. The fourth-order valence-electron chi connectivity index (χ4n) is 2.86. The zero-order chi connectivity index (χ0) is 26.4. The number of ether oxygens (including phenoxy) is 4. The Hall–Kier alpha value is -4.06. The Morgan fingerprint density at radius 3 is 1.28 bits per heavy atom. The van der Waals surface area contributed by atoms with E-state index in [1.165, 1.54) is 12.5 Å². The van der Waals surface area contributed by atoms with E-state index in [4.69, 9.17) is 18.9 Å². The first kappa shape index (κ1) is 30.0. The van der Waals surface area contributed by atoms with Gasteiger partial charge in [-0.25, -0.2) is 9.59 Å². The van der Waals surface area contributed by atoms with Crippen LogP contribution >= 0.6 is 0 Å². The van der Waals surface area contributed by atoms with E-state index in [1.807, 2.05) is 36.4 Å². The van der Waals surface area contributed by atoms with E-state index in [0.717, 1.165) is 24.0 Å². The van der Waals surface area contributed by atoms with Crippen LogP contribution in [0.25, 0.3) is 12.2 Å². The number of unbranched alkanes of at least 4 members (excludes halogenated alkanes) is 2. The smallest absolute Gasteiger partial charge is 0.338 e. The molecule has 0 aliphatic rings. The molecule has 0 aliphatic heterocycles. The fraction of sp³-hybridized carbons (Fsp3) is 0.267. The minimum Gasteiger partial charge on any atom is -0.502 e. The second-order valence-corrected chi connectivity index (χ2v) is 7.38. The van der Waals surface area contributed by atoms with Gasteiger partial charge < -0.3 is 18.9 Å². The lowest BCUT2D eigenvalue weighted by molar-refractivity contribution is 0.0477. The topological polar surface area (TPSA) is 71.1 Å². The third-order valence-electron chi connectivity index (χ3n) is 4.81. The van der Waals surface area contributed by atoms with E-state index in [2.05, 4.69) is 26.3 Å². The normalized spacial score (nSPS) is 9.56. The van der Waals surface area contributed by atoms with Crippen molar-refractivity contribution in [3.8, 4) is 0 Å². The van der Waals surface area contributed by atoms with E-state index < -0.39 is 11.9 Å². The molecule has 0 heterocycles.